The van der Waals surface area contributed by atoms with Gasteiger partial charge in [-0.05, 0) is 18.8 Å². The summed E-state index contributed by atoms with van der Waals surface area (Å²) in [7, 11) is 1.33. The summed E-state index contributed by atoms with van der Waals surface area (Å²) in [5, 5.41) is 19.1. The number of rotatable bonds is 1. The maximum Gasteiger partial charge on any atom is 0.333 e. The molecule has 0 saturated heterocycles. The van der Waals surface area contributed by atoms with Gasteiger partial charge >= 0.3 is 5.97 Å². The molecule has 0 spiro atoms. The minimum absolute atomic E-state index is 0.203. The van der Waals surface area contributed by atoms with Gasteiger partial charge in [0.2, 0.25) is 0 Å². The fourth-order valence-electron chi connectivity index (χ4n) is 2.55. The van der Waals surface area contributed by atoms with Crippen molar-refractivity contribution in [3.8, 4) is 0 Å². The molecule has 0 aromatic heterocycles. The Kier molecular flexibility index (Phi) is 2.33. The summed E-state index contributed by atoms with van der Waals surface area (Å²) in [6, 6.07) is 0. The molecule has 1 saturated carbocycles. The summed E-state index contributed by atoms with van der Waals surface area (Å²) < 4.78 is 4.63. The molecule has 1 fully saturated rings. The molecule has 0 unspecified atom stereocenters. The summed E-state index contributed by atoms with van der Waals surface area (Å²) in [4.78, 5) is 11.3. The van der Waals surface area contributed by atoms with Crippen LogP contribution in [0.4, 0.5) is 0 Å². The van der Waals surface area contributed by atoms with Gasteiger partial charge in [-0.1, -0.05) is 6.08 Å². The standard InChI is InChI=1S/C10H14O4/c1-14-10(13)6-3-2-5-4-7(11)9(12)8(5)6/h3,5,7-9,11-12H,2,4H2,1H3/t5-,7+,8+,9+/m0/s1. The van der Waals surface area contributed by atoms with Crippen LogP contribution in [0.1, 0.15) is 12.8 Å². The van der Waals surface area contributed by atoms with E-state index in [4.69, 9.17) is 0 Å². The van der Waals surface area contributed by atoms with Gasteiger partial charge in [0.25, 0.3) is 0 Å². The number of carbonyl (C=O) groups excluding carboxylic acids is 1. The molecule has 0 amide bonds. The number of carbonyl (C=O) groups is 1. The Balaban J connectivity index is 2.19. The largest absolute Gasteiger partial charge is 0.466 e. The summed E-state index contributed by atoms with van der Waals surface area (Å²) in [5.74, 6) is -0.405. The lowest BCUT2D eigenvalue weighted by molar-refractivity contribution is -0.137. The molecule has 2 rings (SSSR count). The lowest BCUT2D eigenvalue weighted by Gasteiger charge is -2.17. The number of aliphatic hydroxyl groups excluding tert-OH is 2. The maximum atomic E-state index is 11.3. The van der Waals surface area contributed by atoms with Crippen LogP contribution in [0, 0.1) is 11.8 Å². The lowest BCUT2D eigenvalue weighted by Crippen LogP contribution is -2.28. The van der Waals surface area contributed by atoms with Crippen LogP contribution in [0.5, 0.6) is 0 Å². The topological polar surface area (TPSA) is 66.8 Å². The predicted octanol–water partition coefficient (Wildman–Crippen LogP) is -0.153. The van der Waals surface area contributed by atoms with Gasteiger partial charge < -0.3 is 14.9 Å². The van der Waals surface area contributed by atoms with Crippen molar-refractivity contribution in [2.75, 3.05) is 7.11 Å². The van der Waals surface area contributed by atoms with Gasteiger partial charge in [0.15, 0.2) is 0 Å². The maximum absolute atomic E-state index is 11.3. The normalized spacial score (nSPS) is 40.6. The number of hydrogen-bond donors (Lipinski definition) is 2. The molecule has 0 bridgehead atoms. The van der Waals surface area contributed by atoms with Crippen molar-refractivity contribution < 1.29 is 19.7 Å². The van der Waals surface area contributed by atoms with Gasteiger partial charge in [0.05, 0.1) is 19.3 Å². The van der Waals surface area contributed by atoms with Crippen LogP contribution in [-0.4, -0.2) is 35.5 Å². The van der Waals surface area contributed by atoms with E-state index < -0.39 is 12.2 Å². The van der Waals surface area contributed by atoms with E-state index >= 15 is 0 Å². The van der Waals surface area contributed by atoms with Crippen molar-refractivity contribution in [1.82, 2.24) is 0 Å². The predicted molar refractivity (Wildman–Crippen MR) is 48.3 cm³/mol. The van der Waals surface area contributed by atoms with Crippen molar-refractivity contribution >= 4 is 5.97 Å². The quantitative estimate of drug-likeness (QED) is 0.575. The SMILES string of the molecule is COC(=O)C1=CC[C@H]2C[C@@H](O)[C@@H](O)[C@@H]12. The zero-order chi connectivity index (χ0) is 10.3. The Bertz CT molecular complexity index is 284. The first-order chi connectivity index (χ1) is 6.65. The minimum Gasteiger partial charge on any atom is -0.466 e. The van der Waals surface area contributed by atoms with Crippen molar-refractivity contribution in [2.45, 2.75) is 25.0 Å². The van der Waals surface area contributed by atoms with Gasteiger partial charge in [0, 0.05) is 11.5 Å². The second-order valence-electron chi connectivity index (χ2n) is 3.97. The number of methoxy groups -OCH3 is 1. The molecular weight excluding hydrogens is 184 g/mol. The summed E-state index contributed by atoms with van der Waals surface area (Å²) in [6.45, 7) is 0. The highest BCUT2D eigenvalue weighted by atomic mass is 16.5. The van der Waals surface area contributed by atoms with Gasteiger partial charge in [-0.15, -0.1) is 0 Å². The highest BCUT2D eigenvalue weighted by molar-refractivity contribution is 5.89. The Hall–Kier alpha value is -0.870. The van der Waals surface area contributed by atoms with Crippen LogP contribution >= 0.6 is 0 Å². The molecule has 0 aromatic rings. The average molecular weight is 198 g/mol. The zero-order valence-corrected chi connectivity index (χ0v) is 8.01. The van der Waals surface area contributed by atoms with Crippen molar-refractivity contribution in [3.63, 3.8) is 0 Å². The van der Waals surface area contributed by atoms with E-state index in [-0.39, 0.29) is 17.8 Å². The van der Waals surface area contributed by atoms with Crippen LogP contribution in [0.25, 0.3) is 0 Å². The highest BCUT2D eigenvalue weighted by Crippen LogP contribution is 2.44. The molecule has 2 aliphatic carbocycles. The second-order valence-corrected chi connectivity index (χ2v) is 3.97. The van der Waals surface area contributed by atoms with Crippen LogP contribution in [0.2, 0.25) is 0 Å². The van der Waals surface area contributed by atoms with Gasteiger partial charge in [-0.3, -0.25) is 0 Å². The van der Waals surface area contributed by atoms with E-state index in [0.29, 0.717) is 12.0 Å². The number of allylic oxidation sites excluding steroid dienone is 1. The molecule has 4 heteroatoms. The Morgan fingerprint density at radius 1 is 1.57 bits per heavy atom. The molecule has 0 aromatic carbocycles. The molecule has 0 heterocycles. The Labute approximate surface area is 82.2 Å². The molecular formula is C10H14O4. The zero-order valence-electron chi connectivity index (χ0n) is 8.01. The smallest absolute Gasteiger partial charge is 0.333 e. The van der Waals surface area contributed by atoms with Gasteiger partial charge in [-0.25, -0.2) is 4.79 Å². The van der Waals surface area contributed by atoms with E-state index in [0.717, 1.165) is 6.42 Å². The fourth-order valence-corrected chi connectivity index (χ4v) is 2.55. The van der Waals surface area contributed by atoms with Gasteiger partial charge in [0.1, 0.15) is 0 Å². The highest BCUT2D eigenvalue weighted by Gasteiger charge is 2.47. The van der Waals surface area contributed by atoms with E-state index in [1.54, 1.807) is 0 Å². The fraction of sp³-hybridized carbons (Fsp3) is 0.700. The number of esters is 1. The Morgan fingerprint density at radius 3 is 2.93 bits per heavy atom. The third-order valence-electron chi connectivity index (χ3n) is 3.24. The summed E-state index contributed by atoms with van der Waals surface area (Å²) in [6.07, 6.45) is 1.63. The molecule has 4 nitrogen and oxygen atoms in total. The molecule has 2 aliphatic rings. The summed E-state index contributed by atoms with van der Waals surface area (Å²) >= 11 is 0. The lowest BCUT2D eigenvalue weighted by atomic mass is 9.93. The van der Waals surface area contributed by atoms with Crippen molar-refractivity contribution in [3.05, 3.63) is 11.6 Å². The van der Waals surface area contributed by atoms with Gasteiger partial charge in [-0.2, -0.15) is 0 Å². The first-order valence-corrected chi connectivity index (χ1v) is 4.79. The van der Waals surface area contributed by atoms with E-state index in [1.165, 1.54) is 7.11 Å². The number of fused-ring (bicyclic) bond motifs is 1. The number of hydrogen-bond acceptors (Lipinski definition) is 4. The van der Waals surface area contributed by atoms with Crippen LogP contribution in [-0.2, 0) is 9.53 Å². The Morgan fingerprint density at radius 2 is 2.29 bits per heavy atom. The molecule has 14 heavy (non-hydrogen) atoms. The van der Waals surface area contributed by atoms with E-state index in [2.05, 4.69) is 4.74 Å². The monoisotopic (exact) mass is 198 g/mol. The van der Waals surface area contributed by atoms with Crippen LogP contribution in [0.15, 0.2) is 11.6 Å². The van der Waals surface area contributed by atoms with E-state index in [9.17, 15) is 15.0 Å². The third kappa shape index (κ3) is 1.26. The van der Waals surface area contributed by atoms with Crippen LogP contribution < -0.4 is 0 Å². The molecule has 78 valence electrons. The van der Waals surface area contributed by atoms with E-state index in [1.807, 2.05) is 6.08 Å². The van der Waals surface area contributed by atoms with Crippen LogP contribution in [0.3, 0.4) is 0 Å². The first-order valence-electron chi connectivity index (χ1n) is 4.79. The molecule has 0 radical (unpaired) electrons. The third-order valence-corrected chi connectivity index (χ3v) is 3.24. The number of aliphatic hydroxyl groups is 2. The molecule has 0 aliphatic heterocycles. The average Bonchev–Trinajstić information content (AvgIpc) is 2.68. The number of ether oxygens (including phenoxy) is 1. The van der Waals surface area contributed by atoms with Crippen molar-refractivity contribution in [1.29, 1.82) is 0 Å². The minimum atomic E-state index is -0.812. The first kappa shape index (κ1) is 9.68. The van der Waals surface area contributed by atoms with Crippen molar-refractivity contribution in [2.24, 2.45) is 11.8 Å². The summed E-state index contributed by atoms with van der Waals surface area (Å²) in [5.41, 5.74) is 0.529. The molecule has 2 N–H and O–H groups in total. The second kappa shape index (κ2) is 3.37. The molecule has 4 atom stereocenters.